The number of thioether (sulfide) groups is 1. The van der Waals surface area contributed by atoms with Crippen molar-refractivity contribution in [1.29, 1.82) is 0 Å². The molecule has 16 heavy (non-hydrogen) atoms. The van der Waals surface area contributed by atoms with Crippen LogP contribution in [0, 0.1) is 0 Å². The Bertz CT molecular complexity index is 287. The van der Waals surface area contributed by atoms with Gasteiger partial charge in [-0.05, 0) is 12.1 Å². The van der Waals surface area contributed by atoms with Crippen LogP contribution in [0.5, 0.6) is 0 Å². The average molecular weight is 250 g/mol. The third-order valence-corrected chi connectivity index (χ3v) is 2.75. The van der Waals surface area contributed by atoms with Crippen LogP contribution in [0.1, 0.15) is 6.42 Å². The van der Waals surface area contributed by atoms with Crippen LogP contribution in [0.4, 0.5) is 13.2 Å². The quantitative estimate of drug-likeness (QED) is 0.561. The Morgan fingerprint density at radius 2 is 1.75 bits per heavy atom. The molecule has 0 aliphatic carbocycles. The Balaban J connectivity index is 2.01. The lowest BCUT2D eigenvalue weighted by atomic mass is 10.4. The fourth-order valence-corrected chi connectivity index (χ4v) is 1.81. The van der Waals surface area contributed by atoms with Gasteiger partial charge in [0.2, 0.25) is 0 Å². The van der Waals surface area contributed by atoms with Gasteiger partial charge in [-0.3, -0.25) is 0 Å². The maximum atomic E-state index is 11.7. The summed E-state index contributed by atoms with van der Waals surface area (Å²) in [6.45, 7) is 0.0918. The highest BCUT2D eigenvalue weighted by Crippen LogP contribution is 2.19. The third kappa shape index (κ3) is 6.74. The molecule has 0 fully saturated rings. The van der Waals surface area contributed by atoms with E-state index in [1.807, 2.05) is 30.3 Å². The van der Waals surface area contributed by atoms with Gasteiger partial charge in [-0.2, -0.15) is 13.2 Å². The molecule has 1 rings (SSSR count). The normalized spacial score (nSPS) is 11.7. The van der Waals surface area contributed by atoms with Crippen molar-refractivity contribution in [3.05, 3.63) is 30.3 Å². The standard InChI is InChI=1S/C11H13F3OS/c12-11(13,14)6-7-15-8-9-16-10-4-2-1-3-5-10/h1-5H,6-9H2. The largest absolute Gasteiger partial charge is 0.391 e. The van der Waals surface area contributed by atoms with Gasteiger partial charge in [-0.15, -0.1) is 11.8 Å². The van der Waals surface area contributed by atoms with Crippen molar-refractivity contribution in [2.75, 3.05) is 19.0 Å². The van der Waals surface area contributed by atoms with Gasteiger partial charge in [0.25, 0.3) is 0 Å². The van der Waals surface area contributed by atoms with Gasteiger partial charge in [0, 0.05) is 10.6 Å². The van der Waals surface area contributed by atoms with Crippen LogP contribution in [0.2, 0.25) is 0 Å². The van der Waals surface area contributed by atoms with Crippen LogP contribution >= 0.6 is 11.8 Å². The lowest BCUT2D eigenvalue weighted by Crippen LogP contribution is -2.12. The molecule has 0 spiro atoms. The number of hydrogen-bond acceptors (Lipinski definition) is 2. The number of hydrogen-bond donors (Lipinski definition) is 0. The number of ether oxygens (including phenoxy) is 1. The molecule has 1 nitrogen and oxygen atoms in total. The van der Waals surface area contributed by atoms with E-state index in [4.69, 9.17) is 4.74 Å². The van der Waals surface area contributed by atoms with E-state index in [-0.39, 0.29) is 6.61 Å². The summed E-state index contributed by atoms with van der Waals surface area (Å²) < 4.78 is 40.1. The van der Waals surface area contributed by atoms with E-state index in [0.29, 0.717) is 12.4 Å². The summed E-state index contributed by atoms with van der Waals surface area (Å²) in [6.07, 6.45) is -4.99. The van der Waals surface area contributed by atoms with Crippen molar-refractivity contribution in [1.82, 2.24) is 0 Å². The summed E-state index contributed by atoms with van der Waals surface area (Å²) in [5, 5.41) is 0. The summed E-state index contributed by atoms with van der Waals surface area (Å²) in [4.78, 5) is 1.10. The molecule has 0 N–H and O–H groups in total. The highest BCUT2D eigenvalue weighted by Gasteiger charge is 2.26. The van der Waals surface area contributed by atoms with E-state index in [9.17, 15) is 13.2 Å². The van der Waals surface area contributed by atoms with Crippen molar-refractivity contribution in [3.63, 3.8) is 0 Å². The third-order valence-electron chi connectivity index (χ3n) is 1.77. The van der Waals surface area contributed by atoms with Gasteiger partial charge in [-0.25, -0.2) is 0 Å². The SMILES string of the molecule is FC(F)(F)CCOCCSc1ccccc1. The number of alkyl halides is 3. The summed E-state index contributed by atoms with van der Waals surface area (Å²) in [5.41, 5.74) is 0. The van der Waals surface area contributed by atoms with Gasteiger partial charge in [0.1, 0.15) is 0 Å². The summed E-state index contributed by atoms with van der Waals surface area (Å²) in [7, 11) is 0. The highest BCUT2D eigenvalue weighted by atomic mass is 32.2. The summed E-state index contributed by atoms with van der Waals surface area (Å²) in [5.74, 6) is 0.669. The van der Waals surface area contributed by atoms with Crippen LogP contribution in [-0.2, 0) is 4.74 Å². The zero-order chi connectivity index (χ0) is 11.9. The Kier molecular flexibility index (Phi) is 5.69. The summed E-state index contributed by atoms with van der Waals surface area (Å²) in [6, 6.07) is 9.68. The Morgan fingerprint density at radius 1 is 1.06 bits per heavy atom. The van der Waals surface area contributed by atoms with Gasteiger partial charge in [0.15, 0.2) is 0 Å². The monoisotopic (exact) mass is 250 g/mol. The molecule has 0 amide bonds. The highest BCUT2D eigenvalue weighted by molar-refractivity contribution is 7.99. The molecule has 0 aliphatic heterocycles. The topological polar surface area (TPSA) is 9.23 Å². The second kappa shape index (κ2) is 6.81. The number of halogens is 3. The minimum atomic E-state index is -4.12. The fraction of sp³-hybridized carbons (Fsp3) is 0.455. The Labute approximate surface area is 97.0 Å². The minimum Gasteiger partial charge on any atom is -0.380 e. The molecule has 0 bridgehead atoms. The number of rotatable bonds is 6. The fourth-order valence-electron chi connectivity index (χ4n) is 1.03. The van der Waals surface area contributed by atoms with Gasteiger partial charge >= 0.3 is 6.18 Å². The lowest BCUT2D eigenvalue weighted by molar-refractivity contribution is -0.144. The molecular weight excluding hydrogens is 237 g/mol. The first-order chi connectivity index (χ1) is 7.58. The molecule has 5 heteroatoms. The molecular formula is C11H13F3OS. The predicted octanol–water partition coefficient (Wildman–Crippen LogP) is 3.75. The van der Waals surface area contributed by atoms with Crippen molar-refractivity contribution >= 4 is 11.8 Å². The van der Waals surface area contributed by atoms with E-state index in [2.05, 4.69) is 0 Å². The summed E-state index contributed by atoms with van der Waals surface area (Å²) >= 11 is 1.57. The van der Waals surface area contributed by atoms with Crippen molar-refractivity contribution in [2.45, 2.75) is 17.5 Å². The molecule has 0 aliphatic rings. The van der Waals surface area contributed by atoms with E-state index in [1.54, 1.807) is 11.8 Å². The molecule has 0 aromatic heterocycles. The van der Waals surface area contributed by atoms with E-state index < -0.39 is 12.6 Å². The van der Waals surface area contributed by atoms with Crippen molar-refractivity contribution < 1.29 is 17.9 Å². The first-order valence-corrected chi connectivity index (χ1v) is 5.89. The molecule has 1 aromatic rings. The number of benzene rings is 1. The van der Waals surface area contributed by atoms with Crippen LogP contribution in [-0.4, -0.2) is 25.1 Å². The first kappa shape index (κ1) is 13.4. The maximum absolute atomic E-state index is 11.7. The van der Waals surface area contributed by atoms with Gasteiger partial charge in [-0.1, -0.05) is 18.2 Å². The van der Waals surface area contributed by atoms with Gasteiger partial charge in [0.05, 0.1) is 19.6 Å². The van der Waals surface area contributed by atoms with Crippen LogP contribution in [0.3, 0.4) is 0 Å². The van der Waals surface area contributed by atoms with Crippen molar-refractivity contribution in [2.24, 2.45) is 0 Å². The Hall–Kier alpha value is -0.680. The lowest BCUT2D eigenvalue weighted by Gasteiger charge is -2.06. The van der Waals surface area contributed by atoms with Crippen LogP contribution in [0.15, 0.2) is 35.2 Å². The molecule has 0 saturated carbocycles. The molecule has 0 atom stereocenters. The van der Waals surface area contributed by atoms with Crippen molar-refractivity contribution in [3.8, 4) is 0 Å². The zero-order valence-electron chi connectivity index (χ0n) is 8.67. The van der Waals surface area contributed by atoms with Crippen LogP contribution < -0.4 is 0 Å². The zero-order valence-corrected chi connectivity index (χ0v) is 9.48. The van der Waals surface area contributed by atoms with Crippen LogP contribution in [0.25, 0.3) is 0 Å². The van der Waals surface area contributed by atoms with E-state index in [0.717, 1.165) is 4.90 Å². The second-order valence-electron chi connectivity index (χ2n) is 3.14. The molecule has 1 aromatic carbocycles. The minimum absolute atomic E-state index is 0.251. The smallest absolute Gasteiger partial charge is 0.380 e. The average Bonchev–Trinajstić information content (AvgIpc) is 2.23. The predicted molar refractivity (Wildman–Crippen MR) is 58.7 cm³/mol. The first-order valence-electron chi connectivity index (χ1n) is 4.90. The van der Waals surface area contributed by atoms with E-state index >= 15 is 0 Å². The molecule has 0 radical (unpaired) electrons. The van der Waals surface area contributed by atoms with Gasteiger partial charge < -0.3 is 4.74 Å². The Morgan fingerprint density at radius 3 is 2.38 bits per heavy atom. The molecule has 0 saturated heterocycles. The maximum Gasteiger partial charge on any atom is 0.391 e. The molecule has 0 heterocycles. The van der Waals surface area contributed by atoms with E-state index in [1.165, 1.54) is 0 Å². The molecule has 0 unspecified atom stereocenters. The molecule has 90 valence electrons. The second-order valence-corrected chi connectivity index (χ2v) is 4.31.